The zero-order valence-corrected chi connectivity index (χ0v) is 11.2. The molecule has 1 aromatic carbocycles. The summed E-state index contributed by atoms with van der Waals surface area (Å²) in [5, 5.41) is 0.621. The maximum atomic E-state index is 13.0. The van der Waals surface area contributed by atoms with Gasteiger partial charge in [-0.15, -0.1) is 0 Å². The van der Waals surface area contributed by atoms with E-state index >= 15 is 0 Å². The van der Waals surface area contributed by atoms with E-state index in [1.807, 2.05) is 0 Å². The number of hydrogen-bond donors (Lipinski definition) is 0. The molecule has 0 aliphatic rings. The minimum Gasteiger partial charge on any atom is -0.485 e. The SMILES string of the molecule is Fc1ccc(-c2cc(OCC(F)F)c3ncncc3c2)nc1. The predicted molar refractivity (Wildman–Crippen MR) is 74.2 cm³/mol. The van der Waals surface area contributed by atoms with Gasteiger partial charge in [0.25, 0.3) is 6.43 Å². The molecule has 0 aliphatic heterocycles. The molecule has 0 amide bonds. The van der Waals surface area contributed by atoms with Crippen molar-refractivity contribution in [2.75, 3.05) is 6.61 Å². The average Bonchev–Trinajstić information content (AvgIpc) is 2.53. The van der Waals surface area contributed by atoms with Crippen molar-refractivity contribution in [2.45, 2.75) is 6.43 Å². The van der Waals surface area contributed by atoms with Gasteiger partial charge in [0, 0.05) is 17.1 Å². The third-order valence-electron chi connectivity index (χ3n) is 2.96. The molecule has 0 aliphatic carbocycles. The van der Waals surface area contributed by atoms with Crippen molar-refractivity contribution in [3.05, 3.63) is 48.8 Å². The first kappa shape index (κ1) is 14.2. The van der Waals surface area contributed by atoms with Gasteiger partial charge >= 0.3 is 0 Å². The summed E-state index contributed by atoms with van der Waals surface area (Å²) in [5.74, 6) is -0.247. The first-order valence-electron chi connectivity index (χ1n) is 6.40. The van der Waals surface area contributed by atoms with Crippen molar-refractivity contribution in [1.29, 1.82) is 0 Å². The van der Waals surface area contributed by atoms with Crippen LogP contribution in [0.25, 0.3) is 22.2 Å². The van der Waals surface area contributed by atoms with Gasteiger partial charge in [-0.3, -0.25) is 4.98 Å². The molecule has 2 aromatic heterocycles. The molecule has 0 saturated heterocycles. The largest absolute Gasteiger partial charge is 0.485 e. The highest BCUT2D eigenvalue weighted by molar-refractivity contribution is 5.88. The number of ether oxygens (including phenoxy) is 1. The number of pyridine rings is 1. The third-order valence-corrected chi connectivity index (χ3v) is 2.96. The highest BCUT2D eigenvalue weighted by Gasteiger charge is 2.11. The minimum absolute atomic E-state index is 0.210. The molecule has 0 bridgehead atoms. The summed E-state index contributed by atoms with van der Waals surface area (Å²) in [6.07, 6.45) is 1.35. The number of nitrogens with zero attached hydrogens (tertiary/aromatic N) is 3. The molecule has 0 saturated carbocycles. The number of fused-ring (bicyclic) bond motifs is 1. The summed E-state index contributed by atoms with van der Waals surface area (Å²) in [5.41, 5.74) is 1.53. The first-order chi connectivity index (χ1) is 10.6. The van der Waals surface area contributed by atoms with Crippen LogP contribution in [0.5, 0.6) is 5.75 Å². The lowest BCUT2D eigenvalue weighted by Crippen LogP contribution is -2.07. The van der Waals surface area contributed by atoms with Crippen LogP contribution in [-0.4, -0.2) is 28.0 Å². The van der Waals surface area contributed by atoms with Crippen LogP contribution < -0.4 is 4.74 Å². The number of hydrogen-bond acceptors (Lipinski definition) is 4. The molecule has 3 aromatic rings. The molecule has 0 unspecified atom stereocenters. The molecule has 3 rings (SSSR count). The smallest absolute Gasteiger partial charge is 0.272 e. The van der Waals surface area contributed by atoms with Crippen molar-refractivity contribution >= 4 is 10.9 Å². The van der Waals surface area contributed by atoms with Crippen LogP contribution in [0.15, 0.2) is 43.0 Å². The second-order valence-corrected chi connectivity index (χ2v) is 4.50. The predicted octanol–water partition coefficient (Wildman–Crippen LogP) is 3.47. The van der Waals surface area contributed by atoms with E-state index < -0.39 is 18.8 Å². The average molecular weight is 305 g/mol. The number of rotatable bonds is 4. The van der Waals surface area contributed by atoms with Gasteiger partial charge in [-0.1, -0.05) is 0 Å². The van der Waals surface area contributed by atoms with E-state index in [2.05, 4.69) is 15.0 Å². The molecular formula is C15H10F3N3O. The summed E-state index contributed by atoms with van der Waals surface area (Å²) in [6, 6.07) is 6.06. The van der Waals surface area contributed by atoms with Gasteiger partial charge in [-0.25, -0.2) is 23.1 Å². The van der Waals surface area contributed by atoms with E-state index in [1.54, 1.807) is 18.3 Å². The Morgan fingerprint density at radius 3 is 2.68 bits per heavy atom. The lowest BCUT2D eigenvalue weighted by molar-refractivity contribution is 0.0826. The molecule has 22 heavy (non-hydrogen) atoms. The lowest BCUT2D eigenvalue weighted by Gasteiger charge is -2.10. The van der Waals surface area contributed by atoms with Gasteiger partial charge in [0.15, 0.2) is 0 Å². The van der Waals surface area contributed by atoms with Crippen LogP contribution in [0.2, 0.25) is 0 Å². The quantitative estimate of drug-likeness (QED) is 0.740. The fourth-order valence-electron chi connectivity index (χ4n) is 2.03. The molecule has 0 N–H and O–H groups in total. The van der Waals surface area contributed by atoms with E-state index in [9.17, 15) is 13.2 Å². The van der Waals surface area contributed by atoms with Gasteiger partial charge < -0.3 is 4.74 Å². The Morgan fingerprint density at radius 1 is 1.09 bits per heavy atom. The Morgan fingerprint density at radius 2 is 1.95 bits per heavy atom. The molecule has 0 radical (unpaired) electrons. The van der Waals surface area contributed by atoms with E-state index in [0.717, 1.165) is 6.20 Å². The third kappa shape index (κ3) is 2.98. The molecule has 0 fully saturated rings. The summed E-state index contributed by atoms with van der Waals surface area (Å²) in [6.45, 7) is -0.737. The highest BCUT2D eigenvalue weighted by atomic mass is 19.3. The molecular weight excluding hydrogens is 295 g/mol. The maximum absolute atomic E-state index is 13.0. The second-order valence-electron chi connectivity index (χ2n) is 4.50. The fourth-order valence-corrected chi connectivity index (χ4v) is 2.03. The van der Waals surface area contributed by atoms with Crippen LogP contribution in [0.4, 0.5) is 13.2 Å². The Labute approximate surface area is 123 Å². The van der Waals surface area contributed by atoms with Crippen LogP contribution in [0, 0.1) is 5.82 Å². The molecule has 0 spiro atoms. The molecule has 112 valence electrons. The molecule has 0 atom stereocenters. The van der Waals surface area contributed by atoms with Crippen LogP contribution in [0.1, 0.15) is 0 Å². The summed E-state index contributed by atoms with van der Waals surface area (Å²) >= 11 is 0. The number of aromatic nitrogens is 3. The minimum atomic E-state index is -2.59. The summed E-state index contributed by atoms with van der Waals surface area (Å²) in [4.78, 5) is 11.9. The molecule has 4 nitrogen and oxygen atoms in total. The Bertz CT molecular complexity index is 794. The van der Waals surface area contributed by atoms with Crippen molar-refractivity contribution in [1.82, 2.24) is 15.0 Å². The number of halogens is 3. The number of alkyl halides is 2. The monoisotopic (exact) mass is 305 g/mol. The lowest BCUT2D eigenvalue weighted by atomic mass is 10.1. The van der Waals surface area contributed by atoms with Crippen molar-refractivity contribution in [3.63, 3.8) is 0 Å². The molecule has 2 heterocycles. The Kier molecular flexibility index (Phi) is 3.86. The van der Waals surface area contributed by atoms with E-state index in [-0.39, 0.29) is 5.75 Å². The zero-order chi connectivity index (χ0) is 15.5. The maximum Gasteiger partial charge on any atom is 0.272 e. The van der Waals surface area contributed by atoms with Crippen molar-refractivity contribution < 1.29 is 17.9 Å². The van der Waals surface area contributed by atoms with E-state index in [4.69, 9.17) is 4.74 Å². The van der Waals surface area contributed by atoms with Crippen molar-refractivity contribution in [2.24, 2.45) is 0 Å². The van der Waals surface area contributed by atoms with Crippen LogP contribution in [-0.2, 0) is 0 Å². The second kappa shape index (κ2) is 5.97. The van der Waals surface area contributed by atoms with Crippen molar-refractivity contribution in [3.8, 4) is 17.0 Å². The number of benzene rings is 1. The van der Waals surface area contributed by atoms with E-state index in [0.29, 0.717) is 22.2 Å². The standard InChI is InChI=1S/C15H10F3N3O/c16-11-1-2-12(20-6-11)9-3-10-5-19-8-21-15(10)13(4-9)22-7-14(17)18/h1-6,8,14H,7H2. The molecule has 7 heteroatoms. The van der Waals surface area contributed by atoms with Gasteiger partial charge in [-0.05, 0) is 24.3 Å². The Hall–Kier alpha value is -2.70. The van der Waals surface area contributed by atoms with Crippen LogP contribution >= 0.6 is 0 Å². The Balaban J connectivity index is 2.09. The first-order valence-corrected chi connectivity index (χ1v) is 6.40. The van der Waals surface area contributed by atoms with Crippen LogP contribution in [0.3, 0.4) is 0 Å². The summed E-state index contributed by atoms with van der Waals surface area (Å²) < 4.78 is 42.8. The zero-order valence-electron chi connectivity index (χ0n) is 11.2. The van der Waals surface area contributed by atoms with E-state index in [1.165, 1.54) is 18.5 Å². The van der Waals surface area contributed by atoms with Gasteiger partial charge in [0.05, 0.1) is 11.9 Å². The summed E-state index contributed by atoms with van der Waals surface area (Å²) in [7, 11) is 0. The van der Waals surface area contributed by atoms with Gasteiger partial charge in [-0.2, -0.15) is 0 Å². The fraction of sp³-hybridized carbons (Fsp3) is 0.133. The highest BCUT2D eigenvalue weighted by Crippen LogP contribution is 2.30. The topological polar surface area (TPSA) is 47.9 Å². The van der Waals surface area contributed by atoms with Gasteiger partial charge in [0.1, 0.15) is 30.0 Å². The van der Waals surface area contributed by atoms with Gasteiger partial charge in [0.2, 0.25) is 0 Å². The normalized spacial score (nSPS) is 11.1.